The first-order valence-electron chi connectivity index (χ1n) is 5.17. The van der Waals surface area contributed by atoms with Crippen LogP contribution < -0.4 is 16.6 Å². The number of hydrogen-bond donors (Lipinski definition) is 3. The van der Waals surface area contributed by atoms with Gasteiger partial charge in [0.05, 0.1) is 0 Å². The number of thiophene rings is 1. The van der Waals surface area contributed by atoms with Gasteiger partial charge in [-0.3, -0.25) is 0 Å². The molecule has 0 unspecified atom stereocenters. The maximum Gasteiger partial charge on any atom is 0.451 e. The molecule has 0 fully saturated rings. The summed E-state index contributed by atoms with van der Waals surface area (Å²) in [7, 11) is 0. The average molecular weight is 289 g/mol. The lowest BCUT2D eigenvalue weighted by molar-refractivity contribution is -0.144. The Bertz CT molecular complexity index is 541. The van der Waals surface area contributed by atoms with Crippen LogP contribution in [0.5, 0.6) is 0 Å². The van der Waals surface area contributed by atoms with Crippen molar-refractivity contribution in [1.29, 1.82) is 0 Å². The second-order valence-electron chi connectivity index (χ2n) is 3.59. The number of nitrogens with one attached hydrogen (secondary N) is 2. The summed E-state index contributed by atoms with van der Waals surface area (Å²) in [6.07, 6.45) is -4.62. The maximum atomic E-state index is 12.6. The molecule has 0 aromatic carbocycles. The number of hydrogen-bond acceptors (Lipinski definition) is 6. The third kappa shape index (κ3) is 3.55. The summed E-state index contributed by atoms with van der Waals surface area (Å²) in [5, 5.41) is 6.56. The third-order valence-corrected chi connectivity index (χ3v) is 2.91. The van der Waals surface area contributed by atoms with Crippen LogP contribution in [0.1, 0.15) is 11.4 Å². The summed E-state index contributed by atoms with van der Waals surface area (Å²) >= 11 is 1.50. The number of nitrogens with zero attached hydrogens (tertiary/aromatic N) is 2. The molecule has 0 bridgehead atoms. The Hall–Kier alpha value is -1.87. The monoisotopic (exact) mass is 289 g/mol. The zero-order valence-electron chi connectivity index (χ0n) is 9.53. The number of halogens is 3. The molecule has 2 aromatic rings. The van der Waals surface area contributed by atoms with E-state index < -0.39 is 12.0 Å². The van der Waals surface area contributed by atoms with E-state index in [0.717, 1.165) is 5.56 Å². The summed E-state index contributed by atoms with van der Waals surface area (Å²) < 4.78 is 37.7. The zero-order valence-corrected chi connectivity index (χ0v) is 10.3. The fourth-order valence-corrected chi connectivity index (χ4v) is 1.99. The van der Waals surface area contributed by atoms with Gasteiger partial charge in [-0.15, -0.1) is 0 Å². The van der Waals surface area contributed by atoms with Gasteiger partial charge in [-0.2, -0.15) is 24.5 Å². The fraction of sp³-hybridized carbons (Fsp3) is 0.200. The van der Waals surface area contributed by atoms with E-state index in [1.54, 1.807) is 0 Å². The van der Waals surface area contributed by atoms with Crippen molar-refractivity contribution in [3.63, 3.8) is 0 Å². The van der Waals surface area contributed by atoms with Crippen molar-refractivity contribution in [2.75, 3.05) is 10.7 Å². The number of alkyl halides is 3. The number of anilines is 2. The number of hydrazine groups is 1. The second kappa shape index (κ2) is 5.41. The smallest absolute Gasteiger partial charge is 0.366 e. The van der Waals surface area contributed by atoms with Crippen LogP contribution in [0.3, 0.4) is 0 Å². The van der Waals surface area contributed by atoms with Gasteiger partial charge >= 0.3 is 6.18 Å². The Morgan fingerprint density at radius 1 is 1.26 bits per heavy atom. The number of aromatic nitrogens is 2. The topological polar surface area (TPSA) is 75.9 Å². The third-order valence-electron chi connectivity index (χ3n) is 2.18. The van der Waals surface area contributed by atoms with Crippen LogP contribution in [0.25, 0.3) is 0 Å². The summed E-state index contributed by atoms with van der Waals surface area (Å²) in [6.45, 7) is 0.377. The van der Waals surface area contributed by atoms with E-state index >= 15 is 0 Å². The van der Waals surface area contributed by atoms with Crippen LogP contribution in [-0.2, 0) is 12.7 Å². The lowest BCUT2D eigenvalue weighted by Gasteiger charge is -2.10. The molecule has 2 aromatic heterocycles. The van der Waals surface area contributed by atoms with Gasteiger partial charge in [-0.1, -0.05) is 0 Å². The molecule has 0 amide bonds. The number of nitrogen functional groups attached to an aromatic ring is 1. The molecule has 2 rings (SSSR count). The molecule has 0 aliphatic rings. The predicted molar refractivity (Wildman–Crippen MR) is 66.5 cm³/mol. The van der Waals surface area contributed by atoms with Gasteiger partial charge in [0.25, 0.3) is 0 Å². The molecular formula is C10H10F3N5S. The Labute approximate surface area is 110 Å². The normalized spacial score (nSPS) is 11.4. The highest BCUT2D eigenvalue weighted by molar-refractivity contribution is 7.07. The fourth-order valence-electron chi connectivity index (χ4n) is 1.32. The summed E-state index contributed by atoms with van der Waals surface area (Å²) in [6, 6.07) is 3.17. The van der Waals surface area contributed by atoms with Gasteiger partial charge in [-0.05, 0) is 22.4 Å². The molecule has 9 heteroatoms. The van der Waals surface area contributed by atoms with Crippen molar-refractivity contribution in [1.82, 2.24) is 9.97 Å². The summed E-state index contributed by atoms with van der Waals surface area (Å²) in [5.41, 5.74) is 3.04. The van der Waals surface area contributed by atoms with Gasteiger partial charge in [-0.25, -0.2) is 15.8 Å². The highest BCUT2D eigenvalue weighted by Crippen LogP contribution is 2.28. The molecule has 0 saturated heterocycles. The summed E-state index contributed by atoms with van der Waals surface area (Å²) in [4.78, 5) is 6.67. The molecule has 0 aliphatic heterocycles. The minimum atomic E-state index is -4.62. The van der Waals surface area contributed by atoms with Gasteiger partial charge in [0.15, 0.2) is 0 Å². The predicted octanol–water partition coefficient (Wildman–Crippen LogP) is 2.45. The minimum absolute atomic E-state index is 0.0569. The zero-order chi connectivity index (χ0) is 13.9. The second-order valence-corrected chi connectivity index (χ2v) is 4.37. The summed E-state index contributed by atoms with van der Waals surface area (Å²) in [5.74, 6) is 3.80. The first kappa shape index (κ1) is 13.6. The number of nitrogens with two attached hydrogens (primary N) is 1. The van der Waals surface area contributed by atoms with E-state index in [2.05, 4.69) is 20.7 Å². The van der Waals surface area contributed by atoms with Crippen LogP contribution in [0, 0.1) is 0 Å². The Morgan fingerprint density at radius 2 is 2.00 bits per heavy atom. The van der Waals surface area contributed by atoms with Crippen molar-refractivity contribution in [3.05, 3.63) is 34.3 Å². The van der Waals surface area contributed by atoms with Crippen molar-refractivity contribution >= 4 is 23.0 Å². The van der Waals surface area contributed by atoms with Gasteiger partial charge in [0.2, 0.25) is 5.82 Å². The Balaban J connectivity index is 2.19. The molecular weight excluding hydrogens is 279 g/mol. The molecule has 5 nitrogen and oxygen atoms in total. The number of rotatable bonds is 4. The molecule has 0 atom stereocenters. The molecule has 2 heterocycles. The quantitative estimate of drug-likeness (QED) is 0.595. The van der Waals surface area contributed by atoms with Crippen LogP contribution in [0.15, 0.2) is 22.9 Å². The first-order valence-corrected chi connectivity index (χ1v) is 6.11. The molecule has 0 saturated carbocycles. The van der Waals surface area contributed by atoms with Crippen LogP contribution >= 0.6 is 11.3 Å². The van der Waals surface area contributed by atoms with E-state index in [1.807, 2.05) is 16.8 Å². The highest BCUT2D eigenvalue weighted by Gasteiger charge is 2.35. The highest BCUT2D eigenvalue weighted by atomic mass is 32.1. The minimum Gasteiger partial charge on any atom is -0.366 e. The Morgan fingerprint density at radius 3 is 2.58 bits per heavy atom. The molecule has 0 radical (unpaired) electrons. The molecule has 102 valence electrons. The van der Waals surface area contributed by atoms with Crippen molar-refractivity contribution in [2.45, 2.75) is 12.7 Å². The molecule has 19 heavy (non-hydrogen) atoms. The first-order chi connectivity index (χ1) is 8.99. The van der Waals surface area contributed by atoms with Crippen LogP contribution in [0.4, 0.5) is 24.8 Å². The largest absolute Gasteiger partial charge is 0.451 e. The van der Waals surface area contributed by atoms with E-state index in [-0.39, 0.29) is 11.6 Å². The van der Waals surface area contributed by atoms with E-state index in [0.29, 0.717) is 6.54 Å². The van der Waals surface area contributed by atoms with Crippen molar-refractivity contribution < 1.29 is 13.2 Å². The van der Waals surface area contributed by atoms with Gasteiger partial charge in [0.1, 0.15) is 11.6 Å². The average Bonchev–Trinajstić information content (AvgIpc) is 2.88. The van der Waals surface area contributed by atoms with E-state index in [4.69, 9.17) is 5.84 Å². The van der Waals surface area contributed by atoms with Crippen molar-refractivity contribution in [3.8, 4) is 0 Å². The molecule has 0 aliphatic carbocycles. The molecule has 0 spiro atoms. The van der Waals surface area contributed by atoms with Gasteiger partial charge < -0.3 is 10.7 Å². The maximum absolute atomic E-state index is 12.6. The SMILES string of the molecule is NNc1cc(NCc2ccsc2)nc(C(F)(F)F)n1. The van der Waals surface area contributed by atoms with E-state index in [9.17, 15) is 13.2 Å². The van der Waals surface area contributed by atoms with E-state index in [1.165, 1.54) is 17.4 Å². The lowest BCUT2D eigenvalue weighted by atomic mass is 10.3. The van der Waals surface area contributed by atoms with Gasteiger partial charge in [0, 0.05) is 12.6 Å². The van der Waals surface area contributed by atoms with Crippen molar-refractivity contribution in [2.24, 2.45) is 5.84 Å². The Kier molecular flexibility index (Phi) is 3.86. The van der Waals surface area contributed by atoms with Crippen LogP contribution in [-0.4, -0.2) is 9.97 Å². The standard InChI is InChI=1S/C10H10F3N5S/c11-10(12,13)9-16-7(3-8(17-9)18-14)15-4-6-1-2-19-5-6/h1-3,5H,4,14H2,(H2,15,16,17,18). The van der Waals surface area contributed by atoms with Crippen LogP contribution in [0.2, 0.25) is 0 Å². The molecule has 4 N–H and O–H groups in total. The lowest BCUT2D eigenvalue weighted by Crippen LogP contribution is -2.17.